The van der Waals surface area contributed by atoms with E-state index < -0.39 is 0 Å². The highest BCUT2D eigenvalue weighted by Crippen LogP contribution is 2.30. The minimum Gasteiger partial charge on any atom is -0.381 e. The highest BCUT2D eigenvalue weighted by atomic mass is 32.1. The van der Waals surface area contributed by atoms with E-state index in [0.717, 1.165) is 28.2 Å². The number of carbonyl (C=O) groups excluding carboxylic acids is 1. The second kappa shape index (κ2) is 6.80. The third-order valence-corrected chi connectivity index (χ3v) is 5.08. The summed E-state index contributed by atoms with van der Waals surface area (Å²) in [5, 5.41) is 6.97. The van der Waals surface area contributed by atoms with Crippen LogP contribution in [-0.2, 0) is 4.74 Å². The van der Waals surface area contributed by atoms with Gasteiger partial charge in [0.2, 0.25) is 5.89 Å². The third-order valence-electron chi connectivity index (χ3n) is 4.12. The van der Waals surface area contributed by atoms with Gasteiger partial charge in [-0.2, -0.15) is 4.98 Å². The first-order chi connectivity index (χ1) is 11.0. The lowest BCUT2D eigenvalue weighted by atomic mass is 9.91. The molecule has 23 heavy (non-hydrogen) atoms. The Hall–Kier alpha value is -1.73. The summed E-state index contributed by atoms with van der Waals surface area (Å²) in [4.78, 5) is 19.2. The van der Waals surface area contributed by atoms with Crippen LogP contribution in [0.1, 0.15) is 50.7 Å². The van der Waals surface area contributed by atoms with E-state index >= 15 is 0 Å². The van der Waals surface area contributed by atoms with Crippen molar-refractivity contribution < 1.29 is 14.1 Å². The summed E-state index contributed by atoms with van der Waals surface area (Å²) in [5.41, 5.74) is 0.723. The van der Waals surface area contributed by atoms with Gasteiger partial charge in [-0.15, -0.1) is 11.3 Å². The number of rotatable bonds is 4. The first-order valence-corrected chi connectivity index (χ1v) is 8.62. The van der Waals surface area contributed by atoms with Crippen molar-refractivity contribution in [3.8, 4) is 0 Å². The molecule has 1 aliphatic heterocycles. The standard InChI is InChI=1S/C16H21N3O3S/c1-9-8-13(10(2)23-9)15(20)18-14(12-4-6-21-7-5-12)16-17-11(3)19-22-16/h8,12,14H,4-7H2,1-3H3,(H,18,20). The average molecular weight is 335 g/mol. The average Bonchev–Trinajstić information content (AvgIpc) is 3.11. The zero-order valence-corrected chi connectivity index (χ0v) is 14.4. The lowest BCUT2D eigenvalue weighted by Gasteiger charge is -2.28. The molecule has 0 spiro atoms. The maximum Gasteiger partial charge on any atom is 0.253 e. The molecule has 0 radical (unpaired) electrons. The normalized spacial score (nSPS) is 17.2. The molecule has 7 heteroatoms. The minimum atomic E-state index is -0.271. The van der Waals surface area contributed by atoms with Crippen molar-refractivity contribution in [3.05, 3.63) is 33.1 Å². The second-order valence-electron chi connectivity index (χ2n) is 5.91. The van der Waals surface area contributed by atoms with Gasteiger partial charge in [0.15, 0.2) is 5.82 Å². The third kappa shape index (κ3) is 3.61. The molecule has 124 valence electrons. The van der Waals surface area contributed by atoms with Crippen LogP contribution in [0.3, 0.4) is 0 Å². The highest BCUT2D eigenvalue weighted by molar-refractivity contribution is 7.12. The Morgan fingerprint density at radius 2 is 2.09 bits per heavy atom. The maximum atomic E-state index is 12.7. The molecule has 1 N–H and O–H groups in total. The number of carbonyl (C=O) groups is 1. The fourth-order valence-electron chi connectivity index (χ4n) is 2.95. The number of amides is 1. The lowest BCUT2D eigenvalue weighted by molar-refractivity contribution is 0.0467. The number of aryl methyl sites for hydroxylation is 3. The molecule has 3 rings (SSSR count). The Bertz CT molecular complexity index is 689. The van der Waals surface area contributed by atoms with Crippen LogP contribution in [0, 0.1) is 26.7 Å². The van der Waals surface area contributed by atoms with Crippen LogP contribution >= 0.6 is 11.3 Å². The van der Waals surface area contributed by atoms with Crippen molar-refractivity contribution in [2.24, 2.45) is 5.92 Å². The van der Waals surface area contributed by atoms with Crippen LogP contribution in [0.4, 0.5) is 0 Å². The molecule has 0 aliphatic carbocycles. The predicted molar refractivity (Wildman–Crippen MR) is 86.6 cm³/mol. The van der Waals surface area contributed by atoms with Crippen LogP contribution in [0.25, 0.3) is 0 Å². The fraction of sp³-hybridized carbons (Fsp3) is 0.562. The van der Waals surface area contributed by atoms with E-state index in [4.69, 9.17) is 9.26 Å². The Morgan fingerprint density at radius 3 is 2.65 bits per heavy atom. The molecule has 1 unspecified atom stereocenters. The first kappa shape index (κ1) is 16.1. The van der Waals surface area contributed by atoms with Gasteiger partial charge in [0.1, 0.15) is 6.04 Å². The molecule has 1 aliphatic rings. The van der Waals surface area contributed by atoms with Crippen LogP contribution in [0.2, 0.25) is 0 Å². The fourth-order valence-corrected chi connectivity index (χ4v) is 3.87. The Balaban J connectivity index is 1.83. The van der Waals surface area contributed by atoms with Crippen molar-refractivity contribution in [1.29, 1.82) is 0 Å². The molecular weight excluding hydrogens is 314 g/mol. The number of ether oxygens (including phenoxy) is 1. The quantitative estimate of drug-likeness (QED) is 0.929. The Kier molecular flexibility index (Phi) is 4.77. The van der Waals surface area contributed by atoms with E-state index in [1.165, 1.54) is 0 Å². The van der Waals surface area contributed by atoms with Crippen molar-refractivity contribution in [1.82, 2.24) is 15.5 Å². The molecule has 2 aromatic rings. The van der Waals surface area contributed by atoms with Gasteiger partial charge < -0.3 is 14.6 Å². The maximum absolute atomic E-state index is 12.7. The van der Waals surface area contributed by atoms with E-state index in [1.807, 2.05) is 19.9 Å². The summed E-state index contributed by atoms with van der Waals surface area (Å²) in [7, 11) is 0. The molecule has 1 atom stereocenters. The molecule has 0 bridgehead atoms. The van der Waals surface area contributed by atoms with Crippen molar-refractivity contribution in [2.75, 3.05) is 13.2 Å². The number of thiophene rings is 1. The molecule has 3 heterocycles. The van der Waals surface area contributed by atoms with Gasteiger partial charge in [0, 0.05) is 23.0 Å². The minimum absolute atomic E-state index is 0.0841. The SMILES string of the molecule is Cc1noc(C(NC(=O)c2cc(C)sc2C)C2CCOCC2)n1. The van der Waals surface area contributed by atoms with Crippen LogP contribution in [-0.4, -0.2) is 29.3 Å². The van der Waals surface area contributed by atoms with E-state index in [1.54, 1.807) is 18.3 Å². The number of hydrogen-bond acceptors (Lipinski definition) is 6. The van der Waals surface area contributed by atoms with Gasteiger partial charge in [0.05, 0.1) is 5.56 Å². The number of nitrogens with zero attached hydrogens (tertiary/aromatic N) is 2. The van der Waals surface area contributed by atoms with Crippen molar-refractivity contribution in [3.63, 3.8) is 0 Å². The first-order valence-electron chi connectivity index (χ1n) is 7.80. The Labute approximate surface area is 139 Å². The molecule has 6 nitrogen and oxygen atoms in total. The smallest absolute Gasteiger partial charge is 0.253 e. The Morgan fingerprint density at radius 1 is 1.35 bits per heavy atom. The summed E-state index contributed by atoms with van der Waals surface area (Å²) in [6, 6.07) is 1.65. The highest BCUT2D eigenvalue weighted by Gasteiger charge is 2.31. The molecule has 1 fully saturated rings. The lowest BCUT2D eigenvalue weighted by Crippen LogP contribution is -2.36. The molecule has 2 aromatic heterocycles. The summed E-state index contributed by atoms with van der Waals surface area (Å²) in [5.74, 6) is 1.22. The largest absolute Gasteiger partial charge is 0.381 e. The summed E-state index contributed by atoms with van der Waals surface area (Å²) < 4.78 is 10.8. The van der Waals surface area contributed by atoms with E-state index in [2.05, 4.69) is 15.5 Å². The summed E-state index contributed by atoms with van der Waals surface area (Å²) >= 11 is 1.63. The second-order valence-corrected chi connectivity index (χ2v) is 7.37. The number of hydrogen-bond donors (Lipinski definition) is 1. The molecule has 0 aromatic carbocycles. The zero-order valence-electron chi connectivity index (χ0n) is 13.6. The summed E-state index contributed by atoms with van der Waals surface area (Å²) in [6.45, 7) is 7.14. The van der Waals surface area contributed by atoms with Crippen LogP contribution in [0.5, 0.6) is 0 Å². The summed E-state index contributed by atoms with van der Waals surface area (Å²) in [6.07, 6.45) is 1.74. The van der Waals surface area contributed by atoms with Crippen molar-refractivity contribution >= 4 is 17.2 Å². The van der Waals surface area contributed by atoms with Gasteiger partial charge in [-0.05, 0) is 45.6 Å². The zero-order chi connectivity index (χ0) is 16.4. The topological polar surface area (TPSA) is 77.2 Å². The van der Waals surface area contributed by atoms with Crippen molar-refractivity contribution in [2.45, 2.75) is 39.7 Å². The van der Waals surface area contributed by atoms with Crippen LogP contribution < -0.4 is 5.32 Å². The molecular formula is C16H21N3O3S. The predicted octanol–water partition coefficient (Wildman–Crippen LogP) is 2.95. The molecule has 0 saturated carbocycles. The van der Waals surface area contributed by atoms with Gasteiger partial charge in [0.25, 0.3) is 5.91 Å². The number of aromatic nitrogens is 2. The number of nitrogens with one attached hydrogen (secondary N) is 1. The molecule has 1 amide bonds. The monoisotopic (exact) mass is 335 g/mol. The van der Waals surface area contributed by atoms with Crippen LogP contribution in [0.15, 0.2) is 10.6 Å². The van der Waals surface area contributed by atoms with Gasteiger partial charge in [-0.25, -0.2) is 0 Å². The molecule has 1 saturated heterocycles. The van der Waals surface area contributed by atoms with Gasteiger partial charge in [-0.1, -0.05) is 5.16 Å². The van der Waals surface area contributed by atoms with E-state index in [-0.39, 0.29) is 17.9 Å². The van der Waals surface area contributed by atoms with Gasteiger partial charge in [-0.3, -0.25) is 4.79 Å². The van der Waals surface area contributed by atoms with Gasteiger partial charge >= 0.3 is 0 Å². The van der Waals surface area contributed by atoms with E-state index in [0.29, 0.717) is 24.9 Å². The van der Waals surface area contributed by atoms with E-state index in [9.17, 15) is 4.79 Å².